The van der Waals surface area contributed by atoms with E-state index >= 15 is 0 Å². The lowest BCUT2D eigenvalue weighted by atomic mass is 9.99. The van der Waals surface area contributed by atoms with Crippen LogP contribution in [0.4, 0.5) is 4.39 Å². The normalized spacial score (nSPS) is 11.0. The van der Waals surface area contributed by atoms with Gasteiger partial charge < -0.3 is 4.74 Å². The molecule has 0 aliphatic rings. The van der Waals surface area contributed by atoms with Gasteiger partial charge in [-0.15, -0.1) is 0 Å². The van der Waals surface area contributed by atoms with Gasteiger partial charge >= 0.3 is 5.97 Å². The van der Waals surface area contributed by atoms with Crippen molar-refractivity contribution in [2.45, 2.75) is 13.8 Å². The van der Waals surface area contributed by atoms with E-state index in [4.69, 9.17) is 27.9 Å². The topological polar surface area (TPSA) is 39.2 Å². The van der Waals surface area contributed by atoms with Crippen molar-refractivity contribution < 1.29 is 13.9 Å². The van der Waals surface area contributed by atoms with Gasteiger partial charge in [-0.05, 0) is 43.2 Å². The average molecular weight is 354 g/mol. The monoisotopic (exact) mass is 353 g/mol. The molecule has 3 nitrogen and oxygen atoms in total. The summed E-state index contributed by atoms with van der Waals surface area (Å²) in [5, 5.41) is 0.214. The Labute approximate surface area is 143 Å². The summed E-state index contributed by atoms with van der Waals surface area (Å²) >= 11 is 12.0. The highest BCUT2D eigenvalue weighted by Crippen LogP contribution is 2.33. The number of rotatable bonds is 4. The molecule has 0 aliphatic carbocycles. The summed E-state index contributed by atoms with van der Waals surface area (Å²) in [7, 11) is 0. The number of nitrogens with zero attached hydrogens (tertiary/aromatic N) is 1. The van der Waals surface area contributed by atoms with Crippen molar-refractivity contribution in [2.75, 3.05) is 6.61 Å². The minimum atomic E-state index is -0.520. The summed E-state index contributed by atoms with van der Waals surface area (Å²) in [6, 6.07) is 6.33. The Balaban J connectivity index is 2.56. The first-order valence-electron chi connectivity index (χ1n) is 6.89. The number of halogens is 3. The van der Waals surface area contributed by atoms with Gasteiger partial charge in [-0.25, -0.2) is 14.2 Å². The van der Waals surface area contributed by atoms with E-state index in [-0.39, 0.29) is 16.9 Å². The highest BCUT2D eigenvalue weighted by molar-refractivity contribution is 6.34. The molecular weight excluding hydrogens is 340 g/mol. The van der Waals surface area contributed by atoms with Crippen molar-refractivity contribution in [3.8, 4) is 11.1 Å². The van der Waals surface area contributed by atoms with Gasteiger partial charge in [0.1, 0.15) is 16.1 Å². The van der Waals surface area contributed by atoms with E-state index in [2.05, 4.69) is 4.98 Å². The van der Waals surface area contributed by atoms with Crippen LogP contribution in [0.5, 0.6) is 0 Å². The van der Waals surface area contributed by atoms with Gasteiger partial charge in [0.2, 0.25) is 0 Å². The molecular formula is C17H14Cl2FNO2. The van der Waals surface area contributed by atoms with Crippen LogP contribution in [-0.2, 0) is 9.53 Å². The lowest BCUT2D eigenvalue weighted by molar-refractivity contribution is -0.137. The number of esters is 1. The maximum absolute atomic E-state index is 14.3. The minimum Gasteiger partial charge on any atom is -0.463 e. The molecule has 0 bridgehead atoms. The van der Waals surface area contributed by atoms with Gasteiger partial charge in [0.05, 0.1) is 6.61 Å². The molecule has 6 heteroatoms. The van der Waals surface area contributed by atoms with Gasteiger partial charge in [-0.1, -0.05) is 35.3 Å². The predicted octanol–water partition coefficient (Wildman–Crippen LogP) is 5.08. The van der Waals surface area contributed by atoms with Gasteiger partial charge in [0.15, 0.2) is 0 Å². The van der Waals surface area contributed by atoms with Crippen LogP contribution >= 0.6 is 23.2 Å². The molecule has 1 heterocycles. The number of aromatic nitrogens is 1. The third-order valence-electron chi connectivity index (χ3n) is 3.07. The van der Waals surface area contributed by atoms with Crippen LogP contribution in [0, 0.1) is 12.7 Å². The molecule has 1 aromatic carbocycles. The molecule has 1 aromatic heterocycles. The first kappa shape index (κ1) is 17.4. The second kappa shape index (κ2) is 7.57. The van der Waals surface area contributed by atoms with Crippen molar-refractivity contribution in [1.29, 1.82) is 0 Å². The summed E-state index contributed by atoms with van der Waals surface area (Å²) in [6.45, 7) is 3.76. The molecule has 0 unspecified atom stereocenters. The first-order chi connectivity index (χ1) is 10.9. The van der Waals surface area contributed by atoms with E-state index in [9.17, 15) is 9.18 Å². The smallest absolute Gasteiger partial charge is 0.330 e. The van der Waals surface area contributed by atoms with Crippen LogP contribution in [0.25, 0.3) is 17.2 Å². The molecule has 0 radical (unpaired) electrons. The number of pyridine rings is 1. The molecule has 120 valence electrons. The predicted molar refractivity (Wildman–Crippen MR) is 90.1 cm³/mol. The quantitative estimate of drug-likeness (QED) is 0.437. The fourth-order valence-corrected chi connectivity index (χ4v) is 2.55. The number of benzene rings is 1. The van der Waals surface area contributed by atoms with Crippen molar-refractivity contribution in [3.05, 3.63) is 57.6 Å². The lowest BCUT2D eigenvalue weighted by Crippen LogP contribution is -1.99. The number of aryl methyl sites for hydroxylation is 1. The van der Waals surface area contributed by atoms with Crippen LogP contribution in [-0.4, -0.2) is 17.6 Å². The highest BCUT2D eigenvalue weighted by atomic mass is 35.5. The molecule has 23 heavy (non-hydrogen) atoms. The average Bonchev–Trinajstić information content (AvgIpc) is 2.46. The summed E-state index contributed by atoms with van der Waals surface area (Å²) in [5.41, 5.74) is 1.96. The lowest BCUT2D eigenvalue weighted by Gasteiger charge is -2.10. The van der Waals surface area contributed by atoms with Crippen LogP contribution in [0.1, 0.15) is 18.1 Å². The minimum absolute atomic E-state index is 0.0769. The van der Waals surface area contributed by atoms with Gasteiger partial charge in [-0.2, -0.15) is 0 Å². The molecule has 0 aliphatic heterocycles. The molecule has 0 saturated heterocycles. The fourth-order valence-electron chi connectivity index (χ4n) is 2.06. The number of hydrogen-bond donors (Lipinski definition) is 0. The summed E-state index contributed by atoms with van der Waals surface area (Å²) in [5.74, 6) is -0.928. The Morgan fingerprint density at radius 1 is 1.30 bits per heavy atom. The number of carbonyl (C=O) groups is 1. The Bertz CT molecular complexity index is 775. The van der Waals surface area contributed by atoms with E-state index in [0.717, 1.165) is 5.56 Å². The molecule has 2 aromatic rings. The Hall–Kier alpha value is -1.91. The van der Waals surface area contributed by atoms with Crippen molar-refractivity contribution in [1.82, 2.24) is 4.98 Å². The second-order valence-electron chi connectivity index (χ2n) is 4.77. The van der Waals surface area contributed by atoms with E-state index in [1.54, 1.807) is 26.0 Å². The standard InChI is InChI=1S/C17H14Cl2FNO2/c1-3-23-16(22)7-6-12-13(9-15(18)21-17(12)19)11-5-4-10(2)8-14(11)20/h4-9H,3H2,1-2H3/b7-6+. The molecule has 0 saturated carbocycles. The molecule has 0 atom stereocenters. The number of hydrogen-bond acceptors (Lipinski definition) is 3. The molecule has 0 amide bonds. The van der Waals surface area contributed by atoms with Gasteiger partial charge in [-0.3, -0.25) is 0 Å². The zero-order valence-electron chi connectivity index (χ0n) is 12.6. The molecule has 0 N–H and O–H groups in total. The van der Waals surface area contributed by atoms with Crippen LogP contribution in [0.3, 0.4) is 0 Å². The molecule has 0 fully saturated rings. The number of ether oxygens (including phenoxy) is 1. The van der Waals surface area contributed by atoms with E-state index < -0.39 is 11.8 Å². The fraction of sp³-hybridized carbons (Fsp3) is 0.176. The Kier molecular flexibility index (Phi) is 5.74. The van der Waals surface area contributed by atoms with Crippen LogP contribution in [0.2, 0.25) is 10.3 Å². The number of carbonyl (C=O) groups excluding carboxylic acids is 1. The highest BCUT2D eigenvalue weighted by Gasteiger charge is 2.14. The van der Waals surface area contributed by atoms with Gasteiger partial charge in [0, 0.05) is 17.2 Å². The van der Waals surface area contributed by atoms with Crippen molar-refractivity contribution >= 4 is 35.2 Å². The van der Waals surface area contributed by atoms with E-state index in [1.165, 1.54) is 24.3 Å². The van der Waals surface area contributed by atoms with Gasteiger partial charge in [0.25, 0.3) is 0 Å². The van der Waals surface area contributed by atoms with Crippen LogP contribution < -0.4 is 0 Å². The summed E-state index contributed by atoms with van der Waals surface area (Å²) in [6.07, 6.45) is 2.66. The van der Waals surface area contributed by atoms with Crippen molar-refractivity contribution in [3.63, 3.8) is 0 Å². The third-order valence-corrected chi connectivity index (χ3v) is 3.55. The maximum Gasteiger partial charge on any atom is 0.330 e. The second-order valence-corrected chi connectivity index (χ2v) is 5.51. The largest absolute Gasteiger partial charge is 0.463 e. The Morgan fingerprint density at radius 3 is 2.70 bits per heavy atom. The van der Waals surface area contributed by atoms with E-state index in [1.807, 2.05) is 0 Å². The maximum atomic E-state index is 14.3. The molecule has 2 rings (SSSR count). The summed E-state index contributed by atoms with van der Waals surface area (Å²) in [4.78, 5) is 15.4. The zero-order chi connectivity index (χ0) is 17.0. The Morgan fingerprint density at radius 2 is 2.04 bits per heavy atom. The summed E-state index contributed by atoms with van der Waals surface area (Å²) < 4.78 is 19.1. The first-order valence-corrected chi connectivity index (χ1v) is 7.65. The van der Waals surface area contributed by atoms with Crippen molar-refractivity contribution in [2.24, 2.45) is 0 Å². The SMILES string of the molecule is CCOC(=O)/C=C/c1c(-c2ccc(C)cc2F)cc(Cl)nc1Cl. The third kappa shape index (κ3) is 4.30. The van der Waals surface area contributed by atoms with Crippen LogP contribution in [0.15, 0.2) is 30.3 Å². The zero-order valence-corrected chi connectivity index (χ0v) is 14.1. The molecule has 0 spiro atoms. The van der Waals surface area contributed by atoms with E-state index in [0.29, 0.717) is 16.7 Å².